The number of hydrogen-bond donors (Lipinski definition) is 2. The van der Waals surface area contributed by atoms with Gasteiger partial charge < -0.3 is 15.5 Å². The number of piperidine rings is 1. The van der Waals surface area contributed by atoms with E-state index in [0.29, 0.717) is 19.0 Å². The minimum atomic E-state index is -3.11. The van der Waals surface area contributed by atoms with Crippen molar-refractivity contribution in [2.24, 2.45) is 4.99 Å². The molecule has 0 bridgehead atoms. The molecule has 26 heavy (non-hydrogen) atoms. The van der Waals surface area contributed by atoms with Crippen LogP contribution in [-0.4, -0.2) is 93.6 Å². The van der Waals surface area contributed by atoms with E-state index >= 15 is 0 Å². The summed E-state index contributed by atoms with van der Waals surface area (Å²) in [5, 5.41) is 6.57. The smallest absolute Gasteiger partial charge is 0.243 e. The Morgan fingerprint density at radius 2 is 1.92 bits per heavy atom. The van der Waals surface area contributed by atoms with Crippen molar-refractivity contribution in [2.45, 2.75) is 25.8 Å². The van der Waals surface area contributed by atoms with Crippen molar-refractivity contribution in [3.05, 3.63) is 0 Å². The summed E-state index contributed by atoms with van der Waals surface area (Å²) >= 11 is 1.73. The van der Waals surface area contributed by atoms with E-state index in [1.54, 1.807) is 37.1 Å². The number of likely N-dealkylation sites (N-methyl/N-ethyl adjacent to an activating group) is 1. The first kappa shape index (κ1) is 25.7. The highest BCUT2D eigenvalue weighted by Crippen LogP contribution is 2.14. The Hall–Kier alpha value is -0.270. The van der Waals surface area contributed by atoms with Gasteiger partial charge in [0.2, 0.25) is 15.9 Å². The van der Waals surface area contributed by atoms with Crippen LogP contribution in [0.25, 0.3) is 0 Å². The molecular formula is C15H32IN5O3S2. The van der Waals surface area contributed by atoms with Gasteiger partial charge >= 0.3 is 0 Å². The van der Waals surface area contributed by atoms with Crippen LogP contribution in [0.15, 0.2) is 4.99 Å². The van der Waals surface area contributed by atoms with Gasteiger partial charge in [-0.3, -0.25) is 4.79 Å². The van der Waals surface area contributed by atoms with Gasteiger partial charge in [-0.1, -0.05) is 0 Å². The first-order valence-electron chi connectivity index (χ1n) is 8.52. The molecule has 0 unspecified atom stereocenters. The van der Waals surface area contributed by atoms with Gasteiger partial charge in [-0.05, 0) is 26.0 Å². The molecule has 1 aliphatic heterocycles. The van der Waals surface area contributed by atoms with E-state index < -0.39 is 10.0 Å². The Bertz CT molecular complexity index is 549. The summed E-state index contributed by atoms with van der Waals surface area (Å²) < 4.78 is 25.4. The second-order valence-corrected chi connectivity index (χ2v) is 9.33. The van der Waals surface area contributed by atoms with Gasteiger partial charge in [-0.25, -0.2) is 17.7 Å². The van der Waals surface area contributed by atoms with Crippen molar-refractivity contribution < 1.29 is 13.2 Å². The molecule has 0 saturated carbocycles. The molecule has 0 aromatic rings. The Morgan fingerprint density at radius 1 is 1.31 bits per heavy atom. The number of carbonyl (C=O) groups excluding carboxylic acids is 1. The normalized spacial score (nSPS) is 16.7. The van der Waals surface area contributed by atoms with Crippen LogP contribution in [0.5, 0.6) is 0 Å². The second-order valence-electron chi connectivity index (χ2n) is 6.09. The van der Waals surface area contributed by atoms with Crippen molar-refractivity contribution in [1.82, 2.24) is 19.8 Å². The lowest BCUT2D eigenvalue weighted by molar-refractivity contribution is -0.127. The number of halogens is 1. The number of aliphatic imine (C=N–C) groups is 1. The quantitative estimate of drug-likeness (QED) is 0.208. The fourth-order valence-corrected chi connectivity index (χ4v) is 3.80. The molecule has 1 fully saturated rings. The summed E-state index contributed by atoms with van der Waals surface area (Å²) in [6.45, 7) is 3.55. The van der Waals surface area contributed by atoms with Crippen molar-refractivity contribution in [2.75, 3.05) is 58.0 Å². The molecule has 1 amide bonds. The van der Waals surface area contributed by atoms with E-state index in [0.717, 1.165) is 25.1 Å². The number of nitrogens with zero attached hydrogens (tertiary/aromatic N) is 3. The molecule has 11 heteroatoms. The zero-order chi connectivity index (χ0) is 18.9. The predicted octanol–water partition coefficient (Wildman–Crippen LogP) is 0.405. The number of hydrogen-bond acceptors (Lipinski definition) is 5. The van der Waals surface area contributed by atoms with E-state index in [1.807, 2.05) is 6.26 Å². The highest BCUT2D eigenvalue weighted by Gasteiger charge is 2.27. The van der Waals surface area contributed by atoms with Crippen LogP contribution in [-0.2, 0) is 14.8 Å². The van der Waals surface area contributed by atoms with Gasteiger partial charge in [0.1, 0.15) is 6.54 Å². The number of thioether (sulfide) groups is 1. The molecule has 1 saturated heterocycles. The van der Waals surface area contributed by atoms with E-state index in [-0.39, 0.29) is 48.2 Å². The second kappa shape index (κ2) is 13.0. The Morgan fingerprint density at radius 3 is 2.42 bits per heavy atom. The molecule has 2 N–H and O–H groups in total. The number of sulfonamides is 1. The maximum absolute atomic E-state index is 11.9. The average Bonchev–Trinajstić information content (AvgIpc) is 2.59. The van der Waals surface area contributed by atoms with Gasteiger partial charge in [0.15, 0.2) is 5.96 Å². The van der Waals surface area contributed by atoms with Gasteiger partial charge in [0.25, 0.3) is 0 Å². The molecule has 1 aliphatic rings. The van der Waals surface area contributed by atoms with Gasteiger partial charge in [-0.15, -0.1) is 24.0 Å². The first-order valence-corrected chi connectivity index (χ1v) is 11.5. The van der Waals surface area contributed by atoms with E-state index in [2.05, 4.69) is 15.6 Å². The number of rotatable bonds is 8. The zero-order valence-corrected chi connectivity index (χ0v) is 20.0. The Kier molecular flexibility index (Phi) is 12.9. The molecule has 0 aromatic heterocycles. The van der Waals surface area contributed by atoms with Gasteiger partial charge in [0, 0.05) is 45.5 Å². The molecule has 1 heterocycles. The highest BCUT2D eigenvalue weighted by atomic mass is 127. The zero-order valence-electron chi connectivity index (χ0n) is 16.0. The molecule has 0 aromatic carbocycles. The summed E-state index contributed by atoms with van der Waals surface area (Å²) in [5.41, 5.74) is 0. The lowest BCUT2D eigenvalue weighted by Gasteiger charge is -2.32. The third-order valence-electron chi connectivity index (χ3n) is 4.02. The molecule has 154 valence electrons. The number of carbonyl (C=O) groups is 1. The lowest BCUT2D eigenvalue weighted by atomic mass is 10.1. The van der Waals surface area contributed by atoms with Gasteiger partial charge in [0.05, 0.1) is 5.75 Å². The Balaban J connectivity index is 0.00000625. The molecule has 8 nitrogen and oxygen atoms in total. The lowest BCUT2D eigenvalue weighted by Crippen LogP contribution is -2.50. The van der Waals surface area contributed by atoms with Crippen LogP contribution in [0.3, 0.4) is 0 Å². The molecular weight excluding hydrogens is 489 g/mol. The number of nitrogens with one attached hydrogen (secondary N) is 2. The van der Waals surface area contributed by atoms with Crippen molar-refractivity contribution in [1.29, 1.82) is 0 Å². The number of guanidine groups is 1. The van der Waals surface area contributed by atoms with E-state index in [1.165, 1.54) is 4.90 Å². The first-order chi connectivity index (χ1) is 11.8. The number of amides is 1. The summed E-state index contributed by atoms with van der Waals surface area (Å²) in [7, 11) is 0.294. The van der Waals surface area contributed by atoms with Gasteiger partial charge in [-0.2, -0.15) is 11.8 Å². The summed E-state index contributed by atoms with van der Waals surface area (Å²) in [5.74, 6) is 1.63. The Labute approximate surface area is 179 Å². The third-order valence-corrected chi connectivity index (χ3v) is 6.52. The summed E-state index contributed by atoms with van der Waals surface area (Å²) in [4.78, 5) is 17.6. The fourth-order valence-electron chi connectivity index (χ4n) is 2.37. The standard InChI is InChI=1S/C15H31N5O3S2.HI/c1-5-25(22,23)20-9-6-13(7-10-20)18-15(16-8-11-24-4)17-12-14(21)19(2)3;/h13H,5-12H2,1-4H3,(H2,16,17,18);1H. The van der Waals surface area contributed by atoms with Crippen LogP contribution in [0, 0.1) is 0 Å². The van der Waals surface area contributed by atoms with E-state index in [4.69, 9.17) is 0 Å². The van der Waals surface area contributed by atoms with Crippen molar-refractivity contribution in [3.63, 3.8) is 0 Å². The SMILES string of the molecule is CCS(=O)(=O)N1CCC(NC(=NCC(=O)N(C)C)NCCSC)CC1.I. The predicted molar refractivity (Wildman–Crippen MR) is 120 cm³/mol. The molecule has 1 rings (SSSR count). The fraction of sp³-hybridized carbons (Fsp3) is 0.867. The van der Waals surface area contributed by atoms with Crippen LogP contribution in [0.1, 0.15) is 19.8 Å². The topological polar surface area (TPSA) is 94.1 Å². The third kappa shape index (κ3) is 9.09. The summed E-state index contributed by atoms with van der Waals surface area (Å²) in [6, 6.07) is 0.151. The maximum atomic E-state index is 11.9. The van der Waals surface area contributed by atoms with Crippen LogP contribution >= 0.6 is 35.7 Å². The maximum Gasteiger partial charge on any atom is 0.243 e. The highest BCUT2D eigenvalue weighted by molar-refractivity contribution is 14.0. The van der Waals surface area contributed by atoms with Crippen LogP contribution < -0.4 is 10.6 Å². The largest absolute Gasteiger partial charge is 0.356 e. The van der Waals surface area contributed by atoms with Crippen LogP contribution in [0.2, 0.25) is 0 Å². The van der Waals surface area contributed by atoms with Crippen molar-refractivity contribution in [3.8, 4) is 0 Å². The molecule has 0 spiro atoms. The van der Waals surface area contributed by atoms with Crippen LogP contribution in [0.4, 0.5) is 0 Å². The summed E-state index contributed by atoms with van der Waals surface area (Å²) in [6.07, 6.45) is 3.49. The molecule has 0 aliphatic carbocycles. The molecule has 0 atom stereocenters. The van der Waals surface area contributed by atoms with E-state index in [9.17, 15) is 13.2 Å². The minimum absolute atomic E-state index is 0. The average molecular weight is 521 g/mol. The van der Waals surface area contributed by atoms with Crippen molar-refractivity contribution >= 4 is 57.6 Å². The monoisotopic (exact) mass is 521 g/mol. The molecule has 0 radical (unpaired) electrons. The minimum Gasteiger partial charge on any atom is -0.356 e.